The standard InChI is InChI=1S/C19H28F3N3O4/c1-12(2)8-14(9-23-17(28)29-18(3,4)5)24-15(26)11-25-10-13(19(20,21)22)6-7-16(25)27/h6-7,10,12,14H,8-9,11H2,1-5H3,(H,23,28)(H,24,26). The van der Waals surface area contributed by atoms with Crippen LogP contribution in [-0.4, -0.2) is 34.8 Å². The lowest BCUT2D eigenvalue weighted by molar-refractivity contribution is -0.138. The van der Waals surface area contributed by atoms with Crippen LogP contribution in [0.3, 0.4) is 0 Å². The van der Waals surface area contributed by atoms with Crippen LogP contribution in [0.1, 0.15) is 46.6 Å². The maximum atomic E-state index is 12.8. The van der Waals surface area contributed by atoms with Crippen molar-refractivity contribution in [1.82, 2.24) is 15.2 Å². The van der Waals surface area contributed by atoms with Crippen LogP contribution < -0.4 is 16.2 Å². The molecule has 0 aliphatic rings. The predicted octanol–water partition coefficient (Wildman–Crippen LogP) is 2.92. The minimum atomic E-state index is -4.62. The molecule has 2 N–H and O–H groups in total. The average molecular weight is 419 g/mol. The number of amides is 2. The Kier molecular flexibility index (Phi) is 8.28. The van der Waals surface area contributed by atoms with Gasteiger partial charge in [-0.05, 0) is 39.2 Å². The maximum Gasteiger partial charge on any atom is 0.417 e. The number of ether oxygens (including phenoxy) is 1. The monoisotopic (exact) mass is 419 g/mol. The normalized spacial score (nSPS) is 13.1. The summed E-state index contributed by atoms with van der Waals surface area (Å²) in [7, 11) is 0. The van der Waals surface area contributed by atoms with Gasteiger partial charge in [0.1, 0.15) is 12.1 Å². The number of carbonyl (C=O) groups is 2. The molecule has 0 bridgehead atoms. The van der Waals surface area contributed by atoms with Gasteiger partial charge in [0.05, 0.1) is 5.56 Å². The number of aromatic nitrogens is 1. The first kappa shape index (κ1) is 24.5. The lowest BCUT2D eigenvalue weighted by Crippen LogP contribution is -2.46. The highest BCUT2D eigenvalue weighted by atomic mass is 19.4. The Hall–Kier alpha value is -2.52. The van der Waals surface area contributed by atoms with E-state index in [1.807, 2.05) is 13.8 Å². The molecule has 1 atom stereocenters. The van der Waals surface area contributed by atoms with Crippen molar-refractivity contribution in [1.29, 1.82) is 0 Å². The molecule has 0 saturated carbocycles. The van der Waals surface area contributed by atoms with Crippen molar-refractivity contribution in [3.8, 4) is 0 Å². The van der Waals surface area contributed by atoms with E-state index in [-0.39, 0.29) is 12.5 Å². The van der Waals surface area contributed by atoms with Gasteiger partial charge in [-0.25, -0.2) is 4.79 Å². The lowest BCUT2D eigenvalue weighted by atomic mass is 10.0. The lowest BCUT2D eigenvalue weighted by Gasteiger charge is -2.24. The average Bonchev–Trinajstić information content (AvgIpc) is 2.51. The zero-order chi connectivity index (χ0) is 22.4. The van der Waals surface area contributed by atoms with Gasteiger partial charge in [0.15, 0.2) is 0 Å². The number of nitrogens with zero attached hydrogens (tertiary/aromatic N) is 1. The number of hydrogen-bond acceptors (Lipinski definition) is 4. The number of halogens is 3. The van der Waals surface area contributed by atoms with Gasteiger partial charge >= 0.3 is 12.3 Å². The number of nitrogens with one attached hydrogen (secondary N) is 2. The molecule has 7 nitrogen and oxygen atoms in total. The quantitative estimate of drug-likeness (QED) is 0.711. The topological polar surface area (TPSA) is 89.4 Å². The SMILES string of the molecule is CC(C)CC(CNC(=O)OC(C)(C)C)NC(=O)Cn1cc(C(F)(F)F)ccc1=O. The molecule has 0 aliphatic carbocycles. The van der Waals surface area contributed by atoms with Gasteiger partial charge in [0.2, 0.25) is 5.91 Å². The largest absolute Gasteiger partial charge is 0.444 e. The van der Waals surface area contributed by atoms with E-state index in [1.165, 1.54) is 0 Å². The third-order valence-corrected chi connectivity index (χ3v) is 3.64. The van der Waals surface area contributed by atoms with Crippen LogP contribution >= 0.6 is 0 Å². The Morgan fingerprint density at radius 2 is 1.79 bits per heavy atom. The first-order valence-electron chi connectivity index (χ1n) is 9.21. The van der Waals surface area contributed by atoms with Crippen molar-refractivity contribution in [2.45, 2.75) is 65.4 Å². The molecule has 0 fully saturated rings. The highest BCUT2D eigenvalue weighted by Crippen LogP contribution is 2.27. The third kappa shape index (κ3) is 9.49. The third-order valence-electron chi connectivity index (χ3n) is 3.64. The van der Waals surface area contributed by atoms with Gasteiger partial charge in [-0.2, -0.15) is 13.2 Å². The second-order valence-corrected chi connectivity index (χ2v) is 8.16. The van der Waals surface area contributed by atoms with Crippen LogP contribution in [0.4, 0.5) is 18.0 Å². The minimum Gasteiger partial charge on any atom is -0.444 e. The molecular weight excluding hydrogens is 391 g/mol. The van der Waals surface area contributed by atoms with Crippen LogP contribution in [0.15, 0.2) is 23.1 Å². The van der Waals surface area contributed by atoms with Gasteiger partial charge in [-0.1, -0.05) is 13.8 Å². The van der Waals surface area contributed by atoms with Gasteiger partial charge in [0.25, 0.3) is 5.56 Å². The fourth-order valence-electron chi connectivity index (χ4n) is 2.53. The van der Waals surface area contributed by atoms with Crippen molar-refractivity contribution in [2.75, 3.05) is 6.54 Å². The molecule has 1 unspecified atom stereocenters. The maximum absolute atomic E-state index is 12.8. The first-order chi connectivity index (χ1) is 13.2. The van der Waals surface area contributed by atoms with Crippen molar-refractivity contribution in [2.24, 2.45) is 5.92 Å². The summed E-state index contributed by atoms with van der Waals surface area (Å²) >= 11 is 0. The summed E-state index contributed by atoms with van der Waals surface area (Å²) in [6, 6.07) is 0.964. The van der Waals surface area contributed by atoms with Gasteiger partial charge < -0.3 is 19.9 Å². The highest BCUT2D eigenvalue weighted by molar-refractivity contribution is 5.76. The zero-order valence-electron chi connectivity index (χ0n) is 17.2. The highest BCUT2D eigenvalue weighted by Gasteiger charge is 2.31. The van der Waals surface area contributed by atoms with Crippen LogP contribution in [0, 0.1) is 5.92 Å². The van der Waals surface area contributed by atoms with Crippen molar-refractivity contribution < 1.29 is 27.5 Å². The molecule has 0 radical (unpaired) electrons. The summed E-state index contributed by atoms with van der Waals surface area (Å²) < 4.78 is 44.3. The zero-order valence-corrected chi connectivity index (χ0v) is 17.2. The molecule has 0 aliphatic heterocycles. The summed E-state index contributed by atoms with van der Waals surface area (Å²) in [6.07, 6.45) is -4.14. The van der Waals surface area contributed by atoms with Crippen molar-refractivity contribution >= 4 is 12.0 Å². The van der Waals surface area contributed by atoms with Crippen LogP contribution in [-0.2, 0) is 22.3 Å². The van der Waals surface area contributed by atoms with E-state index in [4.69, 9.17) is 4.74 Å². The van der Waals surface area contributed by atoms with Gasteiger partial charge in [0, 0.05) is 24.8 Å². The number of pyridine rings is 1. The molecule has 1 heterocycles. The molecule has 0 saturated heterocycles. The summed E-state index contributed by atoms with van der Waals surface area (Å²) in [5, 5.41) is 5.21. The summed E-state index contributed by atoms with van der Waals surface area (Å²) in [4.78, 5) is 35.9. The van der Waals surface area contributed by atoms with E-state index < -0.39 is 47.5 Å². The summed E-state index contributed by atoms with van der Waals surface area (Å²) in [6.45, 7) is 8.50. The minimum absolute atomic E-state index is 0.0797. The Morgan fingerprint density at radius 1 is 1.17 bits per heavy atom. The first-order valence-corrected chi connectivity index (χ1v) is 9.21. The summed E-state index contributed by atoms with van der Waals surface area (Å²) in [5.41, 5.74) is -2.42. The molecule has 29 heavy (non-hydrogen) atoms. The molecule has 0 aromatic carbocycles. The number of carbonyl (C=O) groups excluding carboxylic acids is 2. The van der Waals surface area contributed by atoms with Crippen molar-refractivity contribution in [3.05, 3.63) is 34.2 Å². The number of rotatable bonds is 7. The Labute approximate surface area is 167 Å². The van der Waals surface area contributed by atoms with E-state index >= 15 is 0 Å². The molecule has 1 aromatic rings. The number of alkyl carbamates (subject to hydrolysis) is 1. The van der Waals surface area contributed by atoms with Crippen LogP contribution in [0.2, 0.25) is 0 Å². The van der Waals surface area contributed by atoms with E-state index in [2.05, 4.69) is 10.6 Å². The second kappa shape index (κ2) is 9.80. The molecule has 10 heteroatoms. The van der Waals surface area contributed by atoms with E-state index in [0.717, 1.165) is 6.07 Å². The molecule has 164 valence electrons. The second-order valence-electron chi connectivity index (χ2n) is 8.16. The van der Waals surface area contributed by atoms with E-state index in [0.29, 0.717) is 23.3 Å². The Balaban J connectivity index is 2.78. The summed E-state index contributed by atoms with van der Waals surface area (Å²) in [5.74, 6) is -0.458. The molecular formula is C19H28F3N3O4. The fourth-order valence-corrected chi connectivity index (χ4v) is 2.53. The Bertz CT molecular complexity index is 767. The smallest absolute Gasteiger partial charge is 0.417 e. The number of hydrogen-bond donors (Lipinski definition) is 2. The number of alkyl halides is 3. The van der Waals surface area contributed by atoms with Crippen LogP contribution in [0.5, 0.6) is 0 Å². The molecule has 0 spiro atoms. The van der Waals surface area contributed by atoms with E-state index in [9.17, 15) is 27.6 Å². The predicted molar refractivity (Wildman–Crippen MR) is 101 cm³/mol. The molecule has 1 aromatic heterocycles. The van der Waals surface area contributed by atoms with Crippen molar-refractivity contribution in [3.63, 3.8) is 0 Å². The molecule has 1 rings (SSSR count). The fraction of sp³-hybridized carbons (Fsp3) is 0.632. The van der Waals surface area contributed by atoms with Gasteiger partial charge in [-0.3, -0.25) is 9.59 Å². The van der Waals surface area contributed by atoms with E-state index in [1.54, 1.807) is 20.8 Å². The van der Waals surface area contributed by atoms with Crippen LogP contribution in [0.25, 0.3) is 0 Å². The molecule has 2 amide bonds. The Morgan fingerprint density at radius 3 is 2.31 bits per heavy atom. The van der Waals surface area contributed by atoms with Gasteiger partial charge in [-0.15, -0.1) is 0 Å².